The summed E-state index contributed by atoms with van der Waals surface area (Å²) in [6.45, 7) is 8.61. The fourth-order valence-corrected chi connectivity index (χ4v) is 8.34. The number of aryl methyl sites for hydroxylation is 1. The quantitative estimate of drug-likeness (QED) is 0.554. The van der Waals surface area contributed by atoms with Gasteiger partial charge in [-0.1, -0.05) is 24.3 Å². The van der Waals surface area contributed by atoms with Gasteiger partial charge in [-0.05, 0) is 63.6 Å². The molecule has 2 saturated heterocycles. The van der Waals surface area contributed by atoms with Crippen molar-refractivity contribution < 1.29 is 32.5 Å². The summed E-state index contributed by atoms with van der Waals surface area (Å²) >= 11 is 0. The highest BCUT2D eigenvalue weighted by atomic mass is 32.2. The van der Waals surface area contributed by atoms with E-state index in [9.17, 15) is 18.3 Å². The molecule has 2 aromatic rings. The summed E-state index contributed by atoms with van der Waals surface area (Å²) < 4.78 is 44.1. The van der Waals surface area contributed by atoms with Crippen LogP contribution >= 0.6 is 0 Å². The number of pyridine rings is 1. The van der Waals surface area contributed by atoms with Crippen LogP contribution < -0.4 is 4.74 Å². The molecule has 38 heavy (non-hydrogen) atoms. The third-order valence-electron chi connectivity index (χ3n) is 8.04. The number of ether oxygens (including phenoxy) is 3. The van der Waals surface area contributed by atoms with Crippen LogP contribution in [0.1, 0.15) is 63.5 Å². The molecule has 3 aliphatic rings. The van der Waals surface area contributed by atoms with E-state index in [0.29, 0.717) is 25.3 Å². The van der Waals surface area contributed by atoms with E-state index < -0.39 is 38.7 Å². The predicted octanol–water partition coefficient (Wildman–Crippen LogP) is 4.10. The first-order valence-electron chi connectivity index (χ1n) is 13.3. The van der Waals surface area contributed by atoms with Crippen molar-refractivity contribution in [2.75, 3.05) is 19.7 Å². The number of carboxylic acids is 1. The minimum atomic E-state index is -4.11. The van der Waals surface area contributed by atoms with Gasteiger partial charge in [-0.3, -0.25) is 4.79 Å². The van der Waals surface area contributed by atoms with Crippen LogP contribution in [-0.4, -0.2) is 71.2 Å². The Balaban J connectivity index is 1.29. The number of hydrogen-bond acceptors (Lipinski definition) is 7. The maximum Gasteiger partial charge on any atom is 0.326 e. The van der Waals surface area contributed by atoms with Crippen LogP contribution in [0.25, 0.3) is 11.3 Å². The topological polar surface area (TPSA) is 115 Å². The van der Waals surface area contributed by atoms with Gasteiger partial charge < -0.3 is 19.3 Å². The molecule has 1 N–H and O–H groups in total. The third-order valence-corrected chi connectivity index (χ3v) is 10.6. The van der Waals surface area contributed by atoms with Crippen molar-refractivity contribution in [2.45, 2.75) is 82.0 Å². The zero-order valence-corrected chi connectivity index (χ0v) is 23.2. The Hall–Kier alpha value is -2.53. The molecular weight excluding hydrogens is 508 g/mol. The average Bonchev–Trinajstić information content (AvgIpc) is 3.36. The van der Waals surface area contributed by atoms with Gasteiger partial charge in [-0.2, -0.15) is 0 Å². The van der Waals surface area contributed by atoms with Crippen LogP contribution in [0.4, 0.5) is 0 Å². The minimum absolute atomic E-state index is 0.0993. The molecule has 5 rings (SSSR count). The van der Waals surface area contributed by atoms with E-state index in [1.807, 2.05) is 32.0 Å². The summed E-state index contributed by atoms with van der Waals surface area (Å²) in [5.74, 6) is -1.38. The fourth-order valence-electron chi connectivity index (χ4n) is 6.18. The van der Waals surface area contributed by atoms with E-state index in [-0.39, 0.29) is 31.8 Å². The lowest BCUT2D eigenvalue weighted by Crippen LogP contribution is -2.54. The molecule has 0 spiro atoms. The van der Waals surface area contributed by atoms with E-state index in [1.54, 1.807) is 13.8 Å². The zero-order chi connectivity index (χ0) is 27.3. The molecule has 2 aliphatic heterocycles. The fraction of sp³-hybridized carbons (Fsp3) is 0.571. The van der Waals surface area contributed by atoms with Gasteiger partial charge in [0.1, 0.15) is 0 Å². The van der Waals surface area contributed by atoms with Gasteiger partial charge in [0.25, 0.3) is 0 Å². The molecule has 0 radical (unpaired) electrons. The van der Waals surface area contributed by atoms with Crippen molar-refractivity contribution in [3.05, 3.63) is 47.5 Å². The van der Waals surface area contributed by atoms with Crippen LogP contribution in [0.5, 0.6) is 5.88 Å². The molecule has 1 aromatic carbocycles. The van der Waals surface area contributed by atoms with Crippen molar-refractivity contribution >= 4 is 16.0 Å². The standard InChI is InChI=1S/C28H36N2O7S/c1-5-35-25-8-6-7-22(29-25)21-10-9-20(15-18(21)2)19-11-13-30(14-12-19)38(33,34)28(26(31)32)16-23-24(17-28)37-27(3,4)36-23/h6-10,15,19,23-24H,5,11-14,16-17H2,1-4H3,(H,31,32). The van der Waals surface area contributed by atoms with E-state index in [1.165, 1.54) is 4.31 Å². The number of piperidine rings is 1. The first-order chi connectivity index (χ1) is 18.0. The lowest BCUT2D eigenvalue weighted by molar-refractivity contribution is -0.159. The van der Waals surface area contributed by atoms with E-state index in [0.717, 1.165) is 22.4 Å². The molecule has 3 fully saturated rings. The van der Waals surface area contributed by atoms with Crippen molar-refractivity contribution in [1.82, 2.24) is 9.29 Å². The van der Waals surface area contributed by atoms with Gasteiger partial charge in [0, 0.05) is 37.6 Å². The van der Waals surface area contributed by atoms with E-state index in [4.69, 9.17) is 14.2 Å². The summed E-state index contributed by atoms with van der Waals surface area (Å²) in [4.78, 5) is 17.0. The van der Waals surface area contributed by atoms with Gasteiger partial charge in [-0.25, -0.2) is 17.7 Å². The average molecular weight is 545 g/mol. The Kier molecular flexibility index (Phi) is 7.04. The molecule has 2 atom stereocenters. The Morgan fingerprint density at radius 1 is 1.13 bits per heavy atom. The van der Waals surface area contributed by atoms with Crippen molar-refractivity contribution in [3.8, 4) is 17.1 Å². The lowest BCUT2D eigenvalue weighted by Gasteiger charge is -2.37. The number of aromatic nitrogens is 1. The Morgan fingerprint density at radius 2 is 1.79 bits per heavy atom. The van der Waals surface area contributed by atoms with Crippen LogP contribution in [0.2, 0.25) is 0 Å². The van der Waals surface area contributed by atoms with Gasteiger partial charge >= 0.3 is 5.97 Å². The Labute approximate surface area is 224 Å². The highest BCUT2D eigenvalue weighted by Gasteiger charge is 2.65. The van der Waals surface area contributed by atoms with Crippen molar-refractivity contribution in [3.63, 3.8) is 0 Å². The van der Waals surface area contributed by atoms with Crippen molar-refractivity contribution in [1.29, 1.82) is 0 Å². The molecule has 3 heterocycles. The van der Waals surface area contributed by atoms with Crippen LogP contribution in [-0.2, 0) is 24.3 Å². The molecule has 0 amide bonds. The monoisotopic (exact) mass is 544 g/mol. The second kappa shape index (κ2) is 9.89. The predicted molar refractivity (Wildman–Crippen MR) is 141 cm³/mol. The number of sulfonamides is 1. The molecule has 0 bridgehead atoms. The third kappa shape index (κ3) is 4.72. The molecule has 2 unspecified atom stereocenters. The lowest BCUT2D eigenvalue weighted by atomic mass is 9.88. The number of hydrogen-bond donors (Lipinski definition) is 1. The molecule has 1 aliphatic carbocycles. The zero-order valence-electron chi connectivity index (χ0n) is 22.3. The maximum atomic E-state index is 13.7. The molecule has 1 aromatic heterocycles. The summed E-state index contributed by atoms with van der Waals surface area (Å²) in [5.41, 5.74) is 4.11. The number of benzene rings is 1. The van der Waals surface area contributed by atoms with Crippen LogP contribution in [0.3, 0.4) is 0 Å². The summed E-state index contributed by atoms with van der Waals surface area (Å²) in [7, 11) is -4.11. The van der Waals surface area contributed by atoms with Crippen LogP contribution in [0.15, 0.2) is 36.4 Å². The molecule has 1 saturated carbocycles. The Morgan fingerprint density at radius 3 is 2.37 bits per heavy atom. The number of nitrogens with zero attached hydrogens (tertiary/aromatic N) is 2. The van der Waals surface area contributed by atoms with Gasteiger partial charge in [0.05, 0.1) is 24.5 Å². The van der Waals surface area contributed by atoms with E-state index in [2.05, 4.69) is 23.2 Å². The van der Waals surface area contributed by atoms with Crippen molar-refractivity contribution in [2.24, 2.45) is 0 Å². The number of fused-ring (bicyclic) bond motifs is 1. The maximum absolute atomic E-state index is 13.7. The SMILES string of the molecule is CCOc1cccc(-c2ccc(C3CCN(S(=O)(=O)C4(C(=O)O)CC5OC(C)(C)OC5C4)CC3)cc2C)n1. The molecule has 9 nitrogen and oxygen atoms in total. The normalized spacial score (nSPS) is 27.8. The van der Waals surface area contributed by atoms with Crippen LogP contribution in [0, 0.1) is 6.92 Å². The number of carbonyl (C=O) groups is 1. The smallest absolute Gasteiger partial charge is 0.326 e. The summed E-state index contributed by atoms with van der Waals surface area (Å²) in [6, 6.07) is 12.0. The second-order valence-electron chi connectivity index (χ2n) is 11.0. The van der Waals surface area contributed by atoms with Gasteiger partial charge in [-0.15, -0.1) is 0 Å². The minimum Gasteiger partial charge on any atom is -0.480 e. The molecule has 206 valence electrons. The number of rotatable bonds is 7. The highest BCUT2D eigenvalue weighted by molar-refractivity contribution is 7.91. The summed E-state index contributed by atoms with van der Waals surface area (Å²) in [6.07, 6.45) is -0.0372. The largest absolute Gasteiger partial charge is 0.480 e. The Bertz CT molecular complexity index is 1300. The highest BCUT2D eigenvalue weighted by Crippen LogP contribution is 2.48. The second-order valence-corrected chi connectivity index (χ2v) is 13.2. The van der Waals surface area contributed by atoms with E-state index >= 15 is 0 Å². The first kappa shape index (κ1) is 27.1. The molecular formula is C28H36N2O7S. The van der Waals surface area contributed by atoms with Gasteiger partial charge in [0.15, 0.2) is 10.5 Å². The first-order valence-corrected chi connectivity index (χ1v) is 14.7. The summed E-state index contributed by atoms with van der Waals surface area (Å²) in [5, 5.41) is 10.1. The van der Waals surface area contributed by atoms with Gasteiger partial charge in [0.2, 0.25) is 15.9 Å². The number of carboxylic acid groups (broad SMARTS) is 1. The number of aliphatic carboxylic acids is 1. The molecule has 10 heteroatoms.